The zero-order valence-electron chi connectivity index (χ0n) is 22.7. The van der Waals surface area contributed by atoms with Crippen LogP contribution in [0.1, 0.15) is 30.5 Å². The fourth-order valence-corrected chi connectivity index (χ4v) is 7.19. The number of allylic oxidation sites excluding steroid dienone is 2. The van der Waals surface area contributed by atoms with E-state index in [0.717, 1.165) is 33.2 Å². The maximum absolute atomic E-state index is 6.56. The van der Waals surface area contributed by atoms with Gasteiger partial charge in [-0.1, -0.05) is 48.5 Å². The van der Waals surface area contributed by atoms with E-state index in [1.807, 2.05) is 6.07 Å². The highest BCUT2D eigenvalue weighted by Crippen LogP contribution is 2.57. The predicted molar refractivity (Wildman–Crippen MR) is 156 cm³/mol. The van der Waals surface area contributed by atoms with Crippen LogP contribution in [0, 0.1) is 13.8 Å². The summed E-state index contributed by atoms with van der Waals surface area (Å²) in [6.45, 7) is 9.15. The van der Waals surface area contributed by atoms with Crippen LogP contribution in [-0.2, 0) is 11.0 Å². The van der Waals surface area contributed by atoms with Crippen molar-refractivity contribution in [2.75, 3.05) is 0 Å². The van der Waals surface area contributed by atoms with Gasteiger partial charge < -0.3 is 4.42 Å². The minimum atomic E-state index is -0.229. The topological polar surface area (TPSA) is 20.9 Å². The molecule has 39 heavy (non-hydrogen) atoms. The lowest BCUT2D eigenvalue weighted by atomic mass is 9.54. The first-order valence-corrected chi connectivity index (χ1v) is 13.7. The van der Waals surface area contributed by atoms with Crippen LogP contribution < -0.4 is 9.13 Å². The highest BCUT2D eigenvalue weighted by molar-refractivity contribution is 6.09. The van der Waals surface area contributed by atoms with Gasteiger partial charge in [-0.05, 0) is 55.7 Å². The van der Waals surface area contributed by atoms with Crippen LogP contribution in [0.3, 0.4) is 0 Å². The Hall–Kier alpha value is -4.50. The molecule has 0 N–H and O–H groups in total. The van der Waals surface area contributed by atoms with Gasteiger partial charge in [-0.15, -0.1) is 0 Å². The molecule has 4 heterocycles. The molecule has 0 amide bonds. The number of nitrogens with zero attached hydrogens (tertiary/aromatic N) is 2. The molecular formula is C36H30N2O+2. The maximum Gasteiger partial charge on any atom is 0.222 e. The third-order valence-corrected chi connectivity index (χ3v) is 9.43. The van der Waals surface area contributed by atoms with Crippen molar-refractivity contribution in [3.8, 4) is 22.5 Å². The summed E-state index contributed by atoms with van der Waals surface area (Å²) in [4.78, 5) is 0. The standard InChI is InChI=1S/C36H30N2O/c1-23-18-20-37(30(21-23)33-24(2)16-17-26-25-11-6-8-15-31(25)39-34(26)33)32-22-35(3)36(32,4)28-13-7-5-12-27(28)29-14-9-10-19-38(29)35/h5-22H,1-4H3/q+2. The quantitative estimate of drug-likeness (QED) is 0.221. The lowest BCUT2D eigenvalue weighted by Crippen LogP contribution is -2.74. The number of benzene rings is 3. The van der Waals surface area contributed by atoms with Crippen molar-refractivity contribution >= 4 is 27.6 Å². The molecule has 6 aromatic rings. The molecule has 0 radical (unpaired) electrons. The van der Waals surface area contributed by atoms with Gasteiger partial charge in [0.1, 0.15) is 16.6 Å². The van der Waals surface area contributed by atoms with Gasteiger partial charge in [-0.3, -0.25) is 0 Å². The Labute approximate surface area is 228 Å². The molecule has 0 saturated carbocycles. The average Bonchev–Trinajstić information content (AvgIpc) is 3.33. The Balaban J connectivity index is 1.43. The molecule has 3 heteroatoms. The Morgan fingerprint density at radius 2 is 1.51 bits per heavy atom. The normalized spacial score (nSPS) is 21.2. The number of hydrogen-bond donors (Lipinski definition) is 0. The van der Waals surface area contributed by atoms with E-state index >= 15 is 0 Å². The Morgan fingerprint density at radius 3 is 2.41 bits per heavy atom. The van der Waals surface area contributed by atoms with E-state index in [1.165, 1.54) is 33.6 Å². The molecule has 0 spiro atoms. The number of furan rings is 1. The van der Waals surface area contributed by atoms with Crippen molar-refractivity contribution in [3.05, 3.63) is 126 Å². The van der Waals surface area contributed by atoms with E-state index in [2.05, 4.69) is 140 Å². The van der Waals surface area contributed by atoms with Crippen LogP contribution in [0.5, 0.6) is 0 Å². The molecule has 2 unspecified atom stereocenters. The van der Waals surface area contributed by atoms with Crippen molar-refractivity contribution < 1.29 is 13.6 Å². The number of aromatic nitrogens is 2. The predicted octanol–water partition coefficient (Wildman–Crippen LogP) is 7.65. The van der Waals surface area contributed by atoms with Gasteiger partial charge in [0.25, 0.3) is 0 Å². The van der Waals surface area contributed by atoms with Crippen molar-refractivity contribution in [2.24, 2.45) is 0 Å². The summed E-state index contributed by atoms with van der Waals surface area (Å²) in [5.74, 6) is 0. The van der Waals surface area contributed by atoms with E-state index in [4.69, 9.17) is 4.42 Å². The fraction of sp³-hybridized carbons (Fsp3) is 0.167. The van der Waals surface area contributed by atoms with Crippen molar-refractivity contribution in [1.82, 2.24) is 0 Å². The van der Waals surface area contributed by atoms with Gasteiger partial charge in [0.15, 0.2) is 12.4 Å². The molecule has 0 bridgehead atoms. The van der Waals surface area contributed by atoms with Crippen LogP contribution in [0.15, 0.2) is 114 Å². The summed E-state index contributed by atoms with van der Waals surface area (Å²) < 4.78 is 11.4. The number of fused-ring (bicyclic) bond motifs is 9. The number of hydrogen-bond acceptors (Lipinski definition) is 1. The van der Waals surface area contributed by atoms with Crippen molar-refractivity contribution in [3.63, 3.8) is 0 Å². The van der Waals surface area contributed by atoms with E-state index in [-0.39, 0.29) is 11.0 Å². The molecule has 3 nitrogen and oxygen atoms in total. The number of aryl methyl sites for hydroxylation is 2. The Morgan fingerprint density at radius 1 is 0.718 bits per heavy atom. The maximum atomic E-state index is 6.56. The van der Waals surface area contributed by atoms with Crippen LogP contribution >= 0.6 is 0 Å². The van der Waals surface area contributed by atoms with Crippen LogP contribution in [0.4, 0.5) is 0 Å². The summed E-state index contributed by atoms with van der Waals surface area (Å²) in [6.07, 6.45) is 6.94. The summed E-state index contributed by atoms with van der Waals surface area (Å²) in [5, 5.41) is 2.31. The van der Waals surface area contributed by atoms with E-state index in [0.29, 0.717) is 0 Å². The highest BCUT2D eigenvalue weighted by atomic mass is 16.3. The lowest BCUT2D eigenvalue weighted by molar-refractivity contribution is -0.760. The van der Waals surface area contributed by atoms with Gasteiger partial charge in [0, 0.05) is 42.0 Å². The highest BCUT2D eigenvalue weighted by Gasteiger charge is 2.70. The molecule has 0 saturated heterocycles. The molecule has 1 aliphatic carbocycles. The fourth-order valence-electron chi connectivity index (χ4n) is 7.19. The second-order valence-electron chi connectivity index (χ2n) is 11.5. The first kappa shape index (κ1) is 22.5. The van der Waals surface area contributed by atoms with Crippen LogP contribution in [0.2, 0.25) is 0 Å². The van der Waals surface area contributed by atoms with E-state index < -0.39 is 0 Å². The van der Waals surface area contributed by atoms with Crippen molar-refractivity contribution in [2.45, 2.75) is 38.6 Å². The minimum Gasteiger partial charge on any atom is -0.455 e. The second kappa shape index (κ2) is 7.54. The molecule has 3 aromatic carbocycles. The zero-order chi connectivity index (χ0) is 26.5. The van der Waals surface area contributed by atoms with Gasteiger partial charge in [-0.2, -0.15) is 9.13 Å². The summed E-state index contributed by atoms with van der Waals surface area (Å²) in [5.41, 5.74) is 11.4. The molecule has 2 aliphatic rings. The van der Waals surface area contributed by atoms with Gasteiger partial charge >= 0.3 is 0 Å². The molecule has 8 rings (SSSR count). The molecule has 2 atom stereocenters. The third kappa shape index (κ3) is 2.72. The first-order valence-electron chi connectivity index (χ1n) is 13.7. The molecule has 188 valence electrons. The molecule has 0 fully saturated rings. The van der Waals surface area contributed by atoms with E-state index in [1.54, 1.807) is 0 Å². The summed E-state index contributed by atoms with van der Waals surface area (Å²) in [6, 6.07) is 32.7. The van der Waals surface area contributed by atoms with Gasteiger partial charge in [-0.25, -0.2) is 0 Å². The minimum absolute atomic E-state index is 0.192. The number of para-hydroxylation sites is 1. The first-order chi connectivity index (χ1) is 18.9. The number of pyridine rings is 2. The molecular weight excluding hydrogens is 476 g/mol. The van der Waals surface area contributed by atoms with Crippen LogP contribution in [0.25, 0.3) is 50.2 Å². The van der Waals surface area contributed by atoms with Crippen LogP contribution in [-0.4, -0.2) is 0 Å². The zero-order valence-corrected chi connectivity index (χ0v) is 22.7. The monoisotopic (exact) mass is 506 g/mol. The number of rotatable bonds is 2. The van der Waals surface area contributed by atoms with Gasteiger partial charge in [0.2, 0.25) is 22.6 Å². The lowest BCUT2D eigenvalue weighted by Gasteiger charge is -2.49. The molecule has 3 aromatic heterocycles. The average molecular weight is 507 g/mol. The third-order valence-electron chi connectivity index (χ3n) is 9.43. The van der Waals surface area contributed by atoms with Crippen molar-refractivity contribution in [1.29, 1.82) is 0 Å². The Bertz CT molecular complexity index is 2030. The summed E-state index contributed by atoms with van der Waals surface area (Å²) in [7, 11) is 0. The molecule has 1 aliphatic heterocycles. The SMILES string of the molecule is Cc1cc[n+](C2=CC3(C)[n+]4ccccc4-c4ccccc4C23C)c(-c2c(C)ccc3c2oc2ccccc23)c1. The van der Waals surface area contributed by atoms with E-state index in [9.17, 15) is 0 Å². The summed E-state index contributed by atoms with van der Waals surface area (Å²) >= 11 is 0. The second-order valence-corrected chi connectivity index (χ2v) is 11.5. The van der Waals surface area contributed by atoms with Gasteiger partial charge in [0.05, 0.1) is 17.2 Å². The smallest absolute Gasteiger partial charge is 0.222 e. The largest absolute Gasteiger partial charge is 0.455 e. The Kier molecular flexibility index (Phi) is 4.35.